The second-order valence-corrected chi connectivity index (χ2v) is 5.57. The van der Waals surface area contributed by atoms with Crippen LogP contribution in [0.15, 0.2) is 18.3 Å². The van der Waals surface area contributed by atoms with Crippen molar-refractivity contribution in [2.45, 2.75) is 26.8 Å². The number of thiophene rings is 1. The van der Waals surface area contributed by atoms with Gasteiger partial charge in [0.15, 0.2) is 0 Å². The van der Waals surface area contributed by atoms with Gasteiger partial charge in [0.1, 0.15) is 11.8 Å². The molecule has 92 valence electrons. The lowest BCUT2D eigenvalue weighted by atomic mass is 10.1. The highest BCUT2D eigenvalue weighted by molar-refractivity contribution is 7.12. The van der Waals surface area contributed by atoms with Crippen LogP contribution in [0, 0.1) is 25.2 Å². The lowest BCUT2D eigenvalue weighted by molar-refractivity contribution is 0.856. The van der Waals surface area contributed by atoms with Gasteiger partial charge < -0.3 is 5.32 Å². The number of nitrogens with zero attached hydrogens (tertiary/aromatic N) is 3. The van der Waals surface area contributed by atoms with Crippen LogP contribution in [0.25, 0.3) is 0 Å². The zero-order chi connectivity index (χ0) is 13.1. The fourth-order valence-corrected chi connectivity index (χ4v) is 2.86. The van der Waals surface area contributed by atoms with Crippen LogP contribution in [0.2, 0.25) is 0 Å². The zero-order valence-corrected chi connectivity index (χ0v) is 11.4. The molecular formula is C13H14N4S. The summed E-state index contributed by atoms with van der Waals surface area (Å²) in [5.41, 5.74) is 1.63. The summed E-state index contributed by atoms with van der Waals surface area (Å²) in [5, 5.41) is 12.0. The van der Waals surface area contributed by atoms with Crippen molar-refractivity contribution in [3.05, 3.63) is 39.3 Å². The van der Waals surface area contributed by atoms with E-state index in [0.29, 0.717) is 11.6 Å². The topological polar surface area (TPSA) is 61.6 Å². The Hall–Kier alpha value is -1.93. The molecule has 2 aromatic heterocycles. The predicted octanol–water partition coefficient (Wildman–Crippen LogP) is 3.20. The minimum absolute atomic E-state index is 0.129. The summed E-state index contributed by atoms with van der Waals surface area (Å²) >= 11 is 1.78. The Morgan fingerprint density at radius 3 is 2.83 bits per heavy atom. The molecule has 18 heavy (non-hydrogen) atoms. The number of nitrogens with one attached hydrogen (secondary N) is 1. The van der Waals surface area contributed by atoms with Gasteiger partial charge in [0.25, 0.3) is 0 Å². The molecule has 0 bridgehead atoms. The van der Waals surface area contributed by atoms with E-state index in [1.807, 2.05) is 6.07 Å². The first-order valence-corrected chi connectivity index (χ1v) is 6.48. The molecule has 0 fully saturated rings. The van der Waals surface area contributed by atoms with E-state index in [1.54, 1.807) is 23.6 Å². The van der Waals surface area contributed by atoms with Crippen molar-refractivity contribution in [1.82, 2.24) is 9.97 Å². The average molecular weight is 258 g/mol. The maximum absolute atomic E-state index is 8.79. The minimum Gasteiger partial charge on any atom is -0.348 e. The molecule has 0 saturated carbocycles. The highest BCUT2D eigenvalue weighted by atomic mass is 32.1. The summed E-state index contributed by atoms with van der Waals surface area (Å²) in [5.74, 6) is 0.491. The van der Waals surface area contributed by atoms with Crippen molar-refractivity contribution in [3.63, 3.8) is 0 Å². The molecule has 2 heterocycles. The van der Waals surface area contributed by atoms with Gasteiger partial charge in [-0.25, -0.2) is 9.97 Å². The number of aromatic nitrogens is 2. The average Bonchev–Trinajstić information content (AvgIpc) is 2.69. The third kappa shape index (κ3) is 2.66. The van der Waals surface area contributed by atoms with Crippen molar-refractivity contribution in [2.24, 2.45) is 0 Å². The Morgan fingerprint density at radius 2 is 2.22 bits per heavy atom. The molecule has 2 aromatic rings. The van der Waals surface area contributed by atoms with E-state index in [4.69, 9.17) is 5.26 Å². The third-order valence-electron chi connectivity index (χ3n) is 2.66. The first-order valence-electron chi connectivity index (χ1n) is 5.66. The fraction of sp³-hybridized carbons (Fsp3) is 0.308. The number of hydrogen-bond acceptors (Lipinski definition) is 5. The van der Waals surface area contributed by atoms with Gasteiger partial charge in [-0.05, 0) is 38.5 Å². The van der Waals surface area contributed by atoms with Crippen molar-refractivity contribution < 1.29 is 0 Å². The van der Waals surface area contributed by atoms with Gasteiger partial charge in [-0.3, -0.25) is 0 Å². The molecule has 0 aliphatic rings. The van der Waals surface area contributed by atoms with Gasteiger partial charge in [0, 0.05) is 16.0 Å². The first kappa shape index (κ1) is 12.5. The Morgan fingerprint density at radius 1 is 1.44 bits per heavy atom. The zero-order valence-electron chi connectivity index (χ0n) is 10.6. The number of aryl methyl sites for hydroxylation is 2. The summed E-state index contributed by atoms with van der Waals surface area (Å²) in [6, 6.07) is 5.90. The molecule has 0 spiro atoms. The van der Waals surface area contributed by atoms with Crippen LogP contribution in [0.1, 0.15) is 34.0 Å². The maximum atomic E-state index is 8.79. The lowest BCUT2D eigenvalue weighted by Crippen LogP contribution is -2.09. The molecule has 1 N–H and O–H groups in total. The molecule has 4 nitrogen and oxygen atoms in total. The summed E-state index contributed by atoms with van der Waals surface area (Å²) < 4.78 is 0. The summed E-state index contributed by atoms with van der Waals surface area (Å²) in [4.78, 5) is 10.8. The van der Waals surface area contributed by atoms with Gasteiger partial charge in [-0.2, -0.15) is 5.26 Å². The number of rotatable bonds is 3. The Bertz CT molecular complexity index is 597. The van der Waals surface area contributed by atoms with Crippen LogP contribution in [0.3, 0.4) is 0 Å². The number of anilines is 1. The standard InChI is InChI=1S/C13H14N4S/c1-8-6-12(10(3)18-8)9(2)16-13-15-5-4-11(7-14)17-13/h4-6,9H,1-3H3,(H,15,16,17). The van der Waals surface area contributed by atoms with E-state index in [0.717, 1.165) is 0 Å². The van der Waals surface area contributed by atoms with Crippen LogP contribution >= 0.6 is 11.3 Å². The van der Waals surface area contributed by atoms with E-state index >= 15 is 0 Å². The van der Waals surface area contributed by atoms with E-state index < -0.39 is 0 Å². The second kappa shape index (κ2) is 5.15. The number of hydrogen-bond donors (Lipinski definition) is 1. The summed E-state index contributed by atoms with van der Waals surface area (Å²) in [7, 11) is 0. The quantitative estimate of drug-likeness (QED) is 0.918. The van der Waals surface area contributed by atoms with Crippen molar-refractivity contribution in [3.8, 4) is 6.07 Å². The Kier molecular flexibility index (Phi) is 3.58. The second-order valence-electron chi connectivity index (χ2n) is 4.11. The van der Waals surface area contributed by atoms with Crippen LogP contribution in [-0.2, 0) is 0 Å². The van der Waals surface area contributed by atoms with Crippen molar-refractivity contribution >= 4 is 17.3 Å². The normalized spacial score (nSPS) is 11.9. The Balaban J connectivity index is 2.18. The summed E-state index contributed by atoms with van der Waals surface area (Å²) in [6.07, 6.45) is 1.59. The molecule has 1 unspecified atom stereocenters. The molecule has 0 amide bonds. The molecule has 2 rings (SSSR count). The van der Waals surface area contributed by atoms with Gasteiger partial charge in [-0.1, -0.05) is 0 Å². The largest absolute Gasteiger partial charge is 0.348 e. The van der Waals surface area contributed by atoms with Gasteiger partial charge in [-0.15, -0.1) is 11.3 Å². The van der Waals surface area contributed by atoms with Crippen LogP contribution < -0.4 is 5.32 Å². The highest BCUT2D eigenvalue weighted by Gasteiger charge is 2.12. The smallest absolute Gasteiger partial charge is 0.224 e. The van der Waals surface area contributed by atoms with Crippen molar-refractivity contribution in [2.75, 3.05) is 5.32 Å². The van der Waals surface area contributed by atoms with Crippen molar-refractivity contribution in [1.29, 1.82) is 5.26 Å². The fourth-order valence-electron chi connectivity index (χ4n) is 1.84. The molecule has 5 heteroatoms. The summed E-state index contributed by atoms with van der Waals surface area (Å²) in [6.45, 7) is 6.27. The molecule has 0 aromatic carbocycles. The van der Waals surface area contributed by atoms with E-state index in [1.165, 1.54) is 15.3 Å². The van der Waals surface area contributed by atoms with Gasteiger partial charge in [0.05, 0.1) is 6.04 Å². The SMILES string of the molecule is Cc1cc(C(C)Nc2nccc(C#N)n2)c(C)s1. The molecule has 0 aliphatic carbocycles. The minimum atomic E-state index is 0.129. The van der Waals surface area contributed by atoms with E-state index in [9.17, 15) is 0 Å². The molecule has 0 aliphatic heterocycles. The van der Waals surface area contributed by atoms with Crippen LogP contribution in [0.4, 0.5) is 5.95 Å². The molecule has 0 saturated heterocycles. The monoisotopic (exact) mass is 258 g/mol. The molecule has 1 atom stereocenters. The molecule has 0 radical (unpaired) electrons. The Labute approximate surface area is 110 Å². The molecular weight excluding hydrogens is 244 g/mol. The van der Waals surface area contributed by atoms with Gasteiger partial charge in [0.2, 0.25) is 5.95 Å². The highest BCUT2D eigenvalue weighted by Crippen LogP contribution is 2.27. The predicted molar refractivity (Wildman–Crippen MR) is 72.6 cm³/mol. The maximum Gasteiger partial charge on any atom is 0.224 e. The first-order chi connectivity index (χ1) is 8.60. The lowest BCUT2D eigenvalue weighted by Gasteiger charge is -2.13. The van der Waals surface area contributed by atoms with E-state index in [2.05, 4.69) is 42.1 Å². The van der Waals surface area contributed by atoms with Crippen LogP contribution in [0.5, 0.6) is 0 Å². The van der Waals surface area contributed by atoms with Gasteiger partial charge >= 0.3 is 0 Å². The van der Waals surface area contributed by atoms with E-state index in [-0.39, 0.29) is 6.04 Å². The van der Waals surface area contributed by atoms with Crippen LogP contribution in [-0.4, -0.2) is 9.97 Å². The third-order valence-corrected chi connectivity index (χ3v) is 3.64. The number of nitriles is 1.